The number of pyridine rings is 1. The smallest absolute Gasteiger partial charge is 0.264 e. The minimum Gasteiger partial charge on any atom is -0.264 e. The van der Waals surface area contributed by atoms with Gasteiger partial charge in [-0.05, 0) is 25.1 Å². The van der Waals surface area contributed by atoms with Gasteiger partial charge in [0.2, 0.25) is 6.20 Å². The fourth-order valence-corrected chi connectivity index (χ4v) is 1.82. The van der Waals surface area contributed by atoms with E-state index in [0.29, 0.717) is 0 Å². The Morgan fingerprint density at radius 1 is 1.40 bits per heavy atom. The molecule has 0 radical (unpaired) electrons. The molecule has 0 saturated heterocycles. The Bertz CT molecular complexity index is 688. The van der Waals surface area contributed by atoms with Crippen LogP contribution in [0.2, 0.25) is 5.02 Å². The SMILES string of the molecule is Cc1ccc[n+](NC(=O)c2ccc(Cl)c([N+](=O)[O-])c2)c1. The van der Waals surface area contributed by atoms with Crippen LogP contribution in [-0.2, 0) is 0 Å². The minimum atomic E-state index is -0.626. The second-order valence-electron chi connectivity index (χ2n) is 4.15. The number of benzene rings is 1. The maximum atomic E-state index is 12.0. The second-order valence-corrected chi connectivity index (χ2v) is 4.56. The fraction of sp³-hybridized carbons (Fsp3) is 0.0769. The number of nitro groups is 1. The van der Waals surface area contributed by atoms with Gasteiger partial charge in [0, 0.05) is 17.7 Å². The van der Waals surface area contributed by atoms with Crippen LogP contribution in [0.25, 0.3) is 0 Å². The van der Waals surface area contributed by atoms with Crippen LogP contribution in [0, 0.1) is 17.0 Å². The highest BCUT2D eigenvalue weighted by Crippen LogP contribution is 2.24. The Hall–Kier alpha value is -2.47. The molecule has 1 aromatic carbocycles. The Kier molecular flexibility index (Phi) is 3.95. The van der Waals surface area contributed by atoms with Gasteiger partial charge < -0.3 is 0 Å². The third-order valence-corrected chi connectivity index (χ3v) is 2.90. The fourth-order valence-electron chi connectivity index (χ4n) is 1.64. The summed E-state index contributed by atoms with van der Waals surface area (Å²) in [5.41, 5.74) is 3.43. The second kappa shape index (κ2) is 5.66. The van der Waals surface area contributed by atoms with Crippen molar-refractivity contribution in [3.8, 4) is 0 Å². The third kappa shape index (κ3) is 3.10. The summed E-state index contributed by atoms with van der Waals surface area (Å²) in [6, 6.07) is 7.57. The zero-order valence-electron chi connectivity index (χ0n) is 10.5. The van der Waals surface area contributed by atoms with E-state index in [1.165, 1.54) is 16.8 Å². The first-order chi connectivity index (χ1) is 9.47. The van der Waals surface area contributed by atoms with E-state index in [9.17, 15) is 14.9 Å². The maximum absolute atomic E-state index is 12.0. The van der Waals surface area contributed by atoms with Gasteiger partial charge in [0.15, 0.2) is 6.20 Å². The lowest BCUT2D eigenvalue weighted by atomic mass is 10.2. The molecule has 0 fully saturated rings. The van der Waals surface area contributed by atoms with Gasteiger partial charge in [-0.1, -0.05) is 16.3 Å². The molecule has 0 atom stereocenters. The van der Waals surface area contributed by atoms with E-state index in [4.69, 9.17) is 11.6 Å². The average molecular weight is 293 g/mol. The van der Waals surface area contributed by atoms with E-state index >= 15 is 0 Å². The van der Waals surface area contributed by atoms with E-state index in [2.05, 4.69) is 5.43 Å². The number of carbonyl (C=O) groups excluding carboxylic acids is 1. The summed E-state index contributed by atoms with van der Waals surface area (Å²) in [6.07, 6.45) is 3.39. The highest BCUT2D eigenvalue weighted by atomic mass is 35.5. The van der Waals surface area contributed by atoms with Gasteiger partial charge in [-0.2, -0.15) is 0 Å². The Balaban J connectivity index is 2.26. The molecule has 0 spiro atoms. The van der Waals surface area contributed by atoms with Crippen LogP contribution in [0.15, 0.2) is 42.7 Å². The van der Waals surface area contributed by atoms with Crippen LogP contribution in [0.5, 0.6) is 0 Å². The van der Waals surface area contributed by atoms with Gasteiger partial charge in [-0.3, -0.25) is 14.9 Å². The molecular weight excluding hydrogens is 282 g/mol. The number of hydrogen-bond donors (Lipinski definition) is 1. The van der Waals surface area contributed by atoms with E-state index in [0.717, 1.165) is 11.6 Å². The molecule has 0 aliphatic heterocycles. The summed E-state index contributed by atoms with van der Waals surface area (Å²) in [4.78, 5) is 22.2. The molecule has 1 N–H and O–H groups in total. The number of carbonyl (C=O) groups is 1. The number of aromatic nitrogens is 1. The van der Waals surface area contributed by atoms with Crippen molar-refractivity contribution in [1.29, 1.82) is 0 Å². The number of hydrogen-bond acceptors (Lipinski definition) is 3. The summed E-state index contributed by atoms with van der Waals surface area (Å²) in [7, 11) is 0. The lowest BCUT2D eigenvalue weighted by Crippen LogP contribution is -2.47. The largest absolute Gasteiger partial charge is 0.305 e. The molecule has 0 aliphatic rings. The van der Waals surface area contributed by atoms with Crippen LogP contribution < -0.4 is 10.1 Å². The zero-order valence-corrected chi connectivity index (χ0v) is 11.3. The van der Waals surface area contributed by atoms with Crippen LogP contribution in [0.1, 0.15) is 15.9 Å². The van der Waals surface area contributed by atoms with E-state index in [1.807, 2.05) is 13.0 Å². The standard InChI is InChI=1S/C13H10ClN3O3/c1-9-3-2-6-16(8-9)15-13(18)10-4-5-11(14)12(7-10)17(19)20/h2-8H,1H3/p+1. The molecule has 1 aromatic heterocycles. The molecule has 2 rings (SSSR count). The molecule has 1 amide bonds. The van der Waals surface area contributed by atoms with Crippen LogP contribution >= 0.6 is 11.6 Å². The Morgan fingerprint density at radius 2 is 2.15 bits per heavy atom. The summed E-state index contributed by atoms with van der Waals surface area (Å²) in [5, 5.41) is 10.8. The first kappa shape index (κ1) is 14.0. The topological polar surface area (TPSA) is 76.1 Å². The molecule has 0 aliphatic carbocycles. The van der Waals surface area contributed by atoms with Crippen molar-refractivity contribution in [2.24, 2.45) is 0 Å². The molecule has 2 aromatic rings. The summed E-state index contributed by atoms with van der Waals surface area (Å²) < 4.78 is 1.48. The monoisotopic (exact) mass is 292 g/mol. The van der Waals surface area contributed by atoms with Gasteiger partial charge in [0.25, 0.3) is 5.69 Å². The Morgan fingerprint density at radius 3 is 2.80 bits per heavy atom. The lowest BCUT2D eigenvalue weighted by molar-refractivity contribution is -0.641. The molecule has 0 unspecified atom stereocenters. The normalized spacial score (nSPS) is 10.1. The number of nitrogens with one attached hydrogen (secondary N) is 1. The molecule has 1 heterocycles. The van der Waals surface area contributed by atoms with Gasteiger partial charge in [-0.15, -0.1) is 5.43 Å². The van der Waals surface area contributed by atoms with Crippen LogP contribution in [-0.4, -0.2) is 10.8 Å². The highest BCUT2D eigenvalue weighted by Gasteiger charge is 2.18. The van der Waals surface area contributed by atoms with Crippen LogP contribution in [0.3, 0.4) is 0 Å². The maximum Gasteiger partial charge on any atom is 0.305 e. The number of rotatable bonds is 3. The number of nitrogens with zero attached hydrogens (tertiary/aromatic N) is 2. The van der Waals surface area contributed by atoms with Gasteiger partial charge in [0.1, 0.15) is 5.02 Å². The van der Waals surface area contributed by atoms with Crippen molar-refractivity contribution in [2.75, 3.05) is 5.43 Å². The molecular formula is C13H11ClN3O3+. The van der Waals surface area contributed by atoms with E-state index in [-0.39, 0.29) is 16.3 Å². The van der Waals surface area contributed by atoms with Crippen molar-refractivity contribution in [2.45, 2.75) is 6.92 Å². The summed E-state index contributed by atoms with van der Waals surface area (Å²) >= 11 is 5.70. The molecule has 0 saturated carbocycles. The van der Waals surface area contributed by atoms with Crippen molar-refractivity contribution in [3.05, 3.63) is 69.0 Å². The zero-order chi connectivity index (χ0) is 14.7. The molecule has 0 bridgehead atoms. The molecule has 102 valence electrons. The molecule has 6 nitrogen and oxygen atoms in total. The lowest BCUT2D eigenvalue weighted by Gasteiger charge is -2.01. The van der Waals surface area contributed by atoms with Gasteiger partial charge in [-0.25, -0.2) is 0 Å². The predicted molar refractivity (Wildman–Crippen MR) is 73.2 cm³/mol. The third-order valence-electron chi connectivity index (χ3n) is 2.58. The van der Waals surface area contributed by atoms with Crippen molar-refractivity contribution in [3.63, 3.8) is 0 Å². The van der Waals surface area contributed by atoms with Crippen molar-refractivity contribution >= 4 is 23.2 Å². The summed E-state index contributed by atoms with van der Waals surface area (Å²) in [6.45, 7) is 1.88. The first-order valence-corrected chi connectivity index (χ1v) is 6.08. The van der Waals surface area contributed by atoms with Gasteiger partial charge >= 0.3 is 5.91 Å². The summed E-state index contributed by atoms with van der Waals surface area (Å²) in [5.74, 6) is -0.458. The quantitative estimate of drug-likeness (QED) is 0.535. The minimum absolute atomic E-state index is 0.00485. The van der Waals surface area contributed by atoms with E-state index in [1.54, 1.807) is 18.5 Å². The number of aryl methyl sites for hydroxylation is 1. The molecule has 20 heavy (non-hydrogen) atoms. The predicted octanol–water partition coefficient (Wildman–Crippen LogP) is 2.23. The average Bonchev–Trinajstić information content (AvgIpc) is 2.38. The Labute approximate surface area is 119 Å². The number of nitro benzene ring substituents is 1. The number of halogens is 1. The molecule has 7 heteroatoms. The number of amides is 1. The van der Waals surface area contributed by atoms with Gasteiger partial charge in [0.05, 0.1) is 10.5 Å². The van der Waals surface area contributed by atoms with Crippen LogP contribution in [0.4, 0.5) is 5.69 Å². The van der Waals surface area contributed by atoms with Crippen molar-refractivity contribution in [1.82, 2.24) is 0 Å². The highest BCUT2D eigenvalue weighted by molar-refractivity contribution is 6.32. The first-order valence-electron chi connectivity index (χ1n) is 5.70. The van der Waals surface area contributed by atoms with E-state index < -0.39 is 10.8 Å². The van der Waals surface area contributed by atoms with Crippen molar-refractivity contribution < 1.29 is 14.4 Å².